The average molecular weight is 268 g/mol. The highest BCUT2D eigenvalue weighted by atomic mass is 16.5. The minimum absolute atomic E-state index is 0.222. The number of hydrogen-bond donors (Lipinski definition) is 1. The number of urea groups is 1. The van der Waals surface area contributed by atoms with E-state index in [1.54, 1.807) is 46.6 Å². The number of carbonyl (C=O) groups excluding carboxylic acids is 1. The van der Waals surface area contributed by atoms with Crippen molar-refractivity contribution in [1.29, 1.82) is 0 Å². The fourth-order valence-electron chi connectivity index (χ4n) is 1.44. The van der Waals surface area contributed by atoms with E-state index in [2.05, 4.69) is 5.32 Å². The zero-order chi connectivity index (χ0) is 14.3. The van der Waals surface area contributed by atoms with Crippen molar-refractivity contribution in [2.75, 3.05) is 46.8 Å². The third kappa shape index (κ3) is 4.33. The molecular formula is C13H20N2O4. The van der Waals surface area contributed by atoms with E-state index < -0.39 is 0 Å². The van der Waals surface area contributed by atoms with Crippen molar-refractivity contribution in [1.82, 2.24) is 4.90 Å². The molecule has 0 heterocycles. The maximum atomic E-state index is 11.9. The van der Waals surface area contributed by atoms with Gasteiger partial charge >= 0.3 is 6.03 Å². The van der Waals surface area contributed by atoms with Crippen LogP contribution in [0.1, 0.15) is 0 Å². The summed E-state index contributed by atoms with van der Waals surface area (Å²) in [6.45, 7) is 1.00. The summed E-state index contributed by atoms with van der Waals surface area (Å²) < 4.78 is 15.2. The summed E-state index contributed by atoms with van der Waals surface area (Å²) in [5.41, 5.74) is 0.595. The minimum Gasteiger partial charge on any atom is -0.497 e. The molecule has 0 aliphatic carbocycles. The molecule has 6 heteroatoms. The van der Waals surface area contributed by atoms with Crippen LogP contribution in [0.2, 0.25) is 0 Å². The molecule has 0 atom stereocenters. The molecule has 2 amide bonds. The van der Waals surface area contributed by atoms with Gasteiger partial charge in [0.15, 0.2) is 0 Å². The summed E-state index contributed by atoms with van der Waals surface area (Å²) in [4.78, 5) is 13.4. The SMILES string of the molecule is COCCN(C)C(=O)Nc1ccc(OC)cc1OC. The Labute approximate surface area is 113 Å². The predicted octanol–water partition coefficient (Wildman–Crippen LogP) is 1.81. The fourth-order valence-corrected chi connectivity index (χ4v) is 1.44. The summed E-state index contributed by atoms with van der Waals surface area (Å²) in [7, 11) is 6.41. The van der Waals surface area contributed by atoms with Crippen LogP contribution in [0.5, 0.6) is 11.5 Å². The molecule has 1 aromatic rings. The maximum Gasteiger partial charge on any atom is 0.321 e. The van der Waals surface area contributed by atoms with E-state index >= 15 is 0 Å². The highest BCUT2D eigenvalue weighted by Gasteiger charge is 2.12. The molecule has 0 saturated carbocycles. The van der Waals surface area contributed by atoms with E-state index in [1.807, 2.05) is 0 Å². The number of carbonyl (C=O) groups is 1. The van der Waals surface area contributed by atoms with E-state index in [-0.39, 0.29) is 6.03 Å². The van der Waals surface area contributed by atoms with Gasteiger partial charge in [0.05, 0.1) is 26.5 Å². The van der Waals surface area contributed by atoms with Crippen LogP contribution in [0, 0.1) is 0 Å². The van der Waals surface area contributed by atoms with Crippen LogP contribution in [0.15, 0.2) is 18.2 Å². The number of nitrogens with zero attached hydrogens (tertiary/aromatic N) is 1. The molecule has 0 aromatic heterocycles. The summed E-state index contributed by atoms with van der Waals surface area (Å²) in [6.07, 6.45) is 0. The lowest BCUT2D eigenvalue weighted by Crippen LogP contribution is -2.33. The fraction of sp³-hybridized carbons (Fsp3) is 0.462. The monoisotopic (exact) mass is 268 g/mol. The summed E-state index contributed by atoms with van der Waals surface area (Å²) >= 11 is 0. The average Bonchev–Trinajstić information content (AvgIpc) is 2.44. The van der Waals surface area contributed by atoms with E-state index in [1.165, 1.54) is 4.90 Å². The molecule has 1 N–H and O–H groups in total. The van der Waals surface area contributed by atoms with Gasteiger partial charge < -0.3 is 24.4 Å². The van der Waals surface area contributed by atoms with Gasteiger partial charge in [-0.2, -0.15) is 0 Å². The van der Waals surface area contributed by atoms with Gasteiger partial charge in [-0.15, -0.1) is 0 Å². The number of likely N-dealkylation sites (N-methyl/N-ethyl adjacent to an activating group) is 1. The summed E-state index contributed by atoms with van der Waals surface area (Å²) in [5, 5.41) is 2.77. The molecule has 0 aliphatic rings. The van der Waals surface area contributed by atoms with Crippen molar-refractivity contribution in [2.45, 2.75) is 0 Å². The van der Waals surface area contributed by atoms with Crippen molar-refractivity contribution in [2.24, 2.45) is 0 Å². The number of rotatable bonds is 6. The van der Waals surface area contributed by atoms with Gasteiger partial charge in [-0.1, -0.05) is 0 Å². The Hall–Kier alpha value is -1.95. The zero-order valence-corrected chi connectivity index (χ0v) is 11.7. The van der Waals surface area contributed by atoms with Crippen LogP contribution in [-0.4, -0.2) is 52.5 Å². The Morgan fingerprint density at radius 3 is 2.58 bits per heavy atom. The second-order valence-corrected chi connectivity index (χ2v) is 3.91. The Kier molecular flexibility index (Phi) is 5.95. The van der Waals surface area contributed by atoms with E-state index in [9.17, 15) is 4.79 Å². The standard InChI is InChI=1S/C13H20N2O4/c1-15(7-8-17-2)13(16)14-11-6-5-10(18-3)9-12(11)19-4/h5-6,9H,7-8H2,1-4H3,(H,14,16). The van der Waals surface area contributed by atoms with Crippen molar-refractivity contribution in [3.63, 3.8) is 0 Å². The molecule has 1 rings (SSSR count). The molecule has 0 fully saturated rings. The van der Waals surface area contributed by atoms with Gasteiger partial charge in [-0.05, 0) is 12.1 Å². The molecule has 0 spiro atoms. The Balaban J connectivity index is 2.73. The molecule has 0 radical (unpaired) electrons. The second-order valence-electron chi connectivity index (χ2n) is 3.91. The predicted molar refractivity (Wildman–Crippen MR) is 73.1 cm³/mol. The number of benzene rings is 1. The Bertz CT molecular complexity index is 423. The van der Waals surface area contributed by atoms with Gasteiger partial charge in [0.1, 0.15) is 11.5 Å². The van der Waals surface area contributed by atoms with Crippen LogP contribution in [0.25, 0.3) is 0 Å². The van der Waals surface area contributed by atoms with Crippen molar-refractivity contribution < 1.29 is 19.0 Å². The van der Waals surface area contributed by atoms with Gasteiger partial charge in [0.25, 0.3) is 0 Å². The third-order valence-corrected chi connectivity index (χ3v) is 2.63. The lowest BCUT2D eigenvalue weighted by molar-refractivity contribution is 0.165. The Morgan fingerprint density at radius 2 is 2.00 bits per heavy atom. The topological polar surface area (TPSA) is 60.0 Å². The molecule has 19 heavy (non-hydrogen) atoms. The first kappa shape index (κ1) is 15.1. The summed E-state index contributed by atoms with van der Waals surface area (Å²) in [6, 6.07) is 4.98. The molecule has 0 bridgehead atoms. The van der Waals surface area contributed by atoms with Crippen LogP contribution in [-0.2, 0) is 4.74 Å². The first-order chi connectivity index (χ1) is 9.12. The van der Waals surface area contributed by atoms with E-state index in [0.29, 0.717) is 30.3 Å². The number of methoxy groups -OCH3 is 3. The Morgan fingerprint density at radius 1 is 1.26 bits per heavy atom. The van der Waals surface area contributed by atoms with Gasteiger partial charge in [-0.3, -0.25) is 0 Å². The molecule has 106 valence electrons. The summed E-state index contributed by atoms with van der Waals surface area (Å²) in [5.74, 6) is 1.22. The molecule has 0 aliphatic heterocycles. The highest BCUT2D eigenvalue weighted by Crippen LogP contribution is 2.29. The van der Waals surface area contributed by atoms with Crippen LogP contribution < -0.4 is 14.8 Å². The number of hydrogen-bond acceptors (Lipinski definition) is 4. The molecule has 0 saturated heterocycles. The first-order valence-corrected chi connectivity index (χ1v) is 5.85. The zero-order valence-electron chi connectivity index (χ0n) is 11.7. The number of anilines is 1. The largest absolute Gasteiger partial charge is 0.497 e. The van der Waals surface area contributed by atoms with Crippen molar-refractivity contribution in [3.05, 3.63) is 18.2 Å². The molecule has 1 aromatic carbocycles. The second kappa shape index (κ2) is 7.48. The van der Waals surface area contributed by atoms with Crippen LogP contribution in [0.3, 0.4) is 0 Å². The van der Waals surface area contributed by atoms with Gasteiger partial charge in [-0.25, -0.2) is 4.79 Å². The van der Waals surface area contributed by atoms with Crippen molar-refractivity contribution >= 4 is 11.7 Å². The number of ether oxygens (including phenoxy) is 3. The van der Waals surface area contributed by atoms with E-state index in [0.717, 1.165) is 0 Å². The van der Waals surface area contributed by atoms with Crippen LogP contribution >= 0.6 is 0 Å². The highest BCUT2D eigenvalue weighted by molar-refractivity contribution is 5.91. The number of nitrogens with one attached hydrogen (secondary N) is 1. The van der Waals surface area contributed by atoms with Crippen LogP contribution in [0.4, 0.5) is 10.5 Å². The minimum atomic E-state index is -0.222. The van der Waals surface area contributed by atoms with Gasteiger partial charge in [0.2, 0.25) is 0 Å². The molecule has 6 nitrogen and oxygen atoms in total. The third-order valence-electron chi connectivity index (χ3n) is 2.63. The van der Waals surface area contributed by atoms with E-state index in [4.69, 9.17) is 14.2 Å². The maximum absolute atomic E-state index is 11.9. The lowest BCUT2D eigenvalue weighted by atomic mass is 10.2. The number of amides is 2. The lowest BCUT2D eigenvalue weighted by Gasteiger charge is -2.18. The van der Waals surface area contributed by atoms with Gasteiger partial charge in [0, 0.05) is 26.8 Å². The molecule has 0 unspecified atom stereocenters. The normalized spacial score (nSPS) is 9.89. The molecular weight excluding hydrogens is 248 g/mol. The van der Waals surface area contributed by atoms with Crippen molar-refractivity contribution in [3.8, 4) is 11.5 Å². The smallest absolute Gasteiger partial charge is 0.321 e. The first-order valence-electron chi connectivity index (χ1n) is 5.85. The quantitative estimate of drug-likeness (QED) is 0.855.